The molecule has 0 unspecified atom stereocenters. The van der Waals surface area contributed by atoms with Crippen LogP contribution in [0.25, 0.3) is 0 Å². The minimum atomic E-state index is -3.41. The summed E-state index contributed by atoms with van der Waals surface area (Å²) in [5.74, 6) is 0. The summed E-state index contributed by atoms with van der Waals surface area (Å²) in [5, 5.41) is 3.02. The third-order valence-corrected chi connectivity index (χ3v) is 4.05. The van der Waals surface area contributed by atoms with Gasteiger partial charge in [-0.1, -0.05) is 12.1 Å². The average molecular weight is 286 g/mol. The van der Waals surface area contributed by atoms with E-state index in [1.54, 1.807) is 12.1 Å². The van der Waals surface area contributed by atoms with Gasteiger partial charge >= 0.3 is 0 Å². The van der Waals surface area contributed by atoms with Crippen molar-refractivity contribution < 1.29 is 13.2 Å². The lowest BCUT2D eigenvalue weighted by Crippen LogP contribution is -2.25. The van der Waals surface area contributed by atoms with Gasteiger partial charge in [0, 0.05) is 26.3 Å². The Morgan fingerprint density at radius 1 is 1.21 bits per heavy atom. The van der Waals surface area contributed by atoms with Crippen LogP contribution in [0.5, 0.6) is 0 Å². The Labute approximate surface area is 115 Å². The first-order valence-corrected chi connectivity index (χ1v) is 7.89. The van der Waals surface area contributed by atoms with Crippen LogP contribution in [0.2, 0.25) is 0 Å². The molecule has 108 valence electrons. The molecule has 0 spiro atoms. The van der Waals surface area contributed by atoms with E-state index >= 15 is 0 Å². The maximum Gasteiger partial charge on any atom is 0.240 e. The summed E-state index contributed by atoms with van der Waals surface area (Å²) in [7, 11) is -1.55. The van der Waals surface area contributed by atoms with Gasteiger partial charge in [0.05, 0.1) is 4.90 Å². The summed E-state index contributed by atoms with van der Waals surface area (Å²) in [6, 6.07) is 6.87. The fraction of sp³-hybridized carbons (Fsp3) is 0.538. The van der Waals surface area contributed by atoms with Crippen LogP contribution in [0.1, 0.15) is 18.9 Å². The summed E-state index contributed by atoms with van der Waals surface area (Å²) >= 11 is 0. The molecule has 0 fully saturated rings. The summed E-state index contributed by atoms with van der Waals surface area (Å²) in [4.78, 5) is 0.295. The minimum Gasteiger partial charge on any atom is -0.382 e. The number of sulfonamides is 1. The molecule has 0 aliphatic carbocycles. The zero-order valence-electron chi connectivity index (χ0n) is 11.5. The van der Waals surface area contributed by atoms with E-state index in [2.05, 4.69) is 10.0 Å². The molecule has 0 heterocycles. The predicted octanol–water partition coefficient (Wildman–Crippen LogP) is 1.11. The van der Waals surface area contributed by atoms with E-state index in [4.69, 9.17) is 4.74 Å². The molecule has 0 aliphatic rings. The van der Waals surface area contributed by atoms with E-state index in [1.807, 2.05) is 26.1 Å². The van der Waals surface area contributed by atoms with Crippen LogP contribution in [-0.2, 0) is 21.3 Å². The van der Waals surface area contributed by atoms with Crippen molar-refractivity contribution in [3.8, 4) is 0 Å². The van der Waals surface area contributed by atoms with Gasteiger partial charge in [-0.15, -0.1) is 0 Å². The standard InChI is InChI=1S/C13H22N2O3S/c1-3-18-10-4-9-15-19(16,17)13-7-5-12(6-8-13)11-14-2/h5-8,14-15H,3-4,9-11H2,1-2H3. The lowest BCUT2D eigenvalue weighted by atomic mass is 10.2. The molecular weight excluding hydrogens is 264 g/mol. The molecule has 0 amide bonds. The third-order valence-electron chi connectivity index (χ3n) is 2.58. The van der Waals surface area contributed by atoms with Crippen molar-refractivity contribution in [3.05, 3.63) is 29.8 Å². The van der Waals surface area contributed by atoms with Crippen LogP contribution in [-0.4, -0.2) is 35.2 Å². The molecular formula is C13H22N2O3S. The average Bonchev–Trinajstić information content (AvgIpc) is 2.39. The molecule has 0 bridgehead atoms. The Balaban J connectivity index is 2.52. The van der Waals surface area contributed by atoms with Gasteiger partial charge in [-0.2, -0.15) is 0 Å². The summed E-state index contributed by atoms with van der Waals surface area (Å²) < 4.78 is 31.7. The summed E-state index contributed by atoms with van der Waals surface area (Å²) in [5.41, 5.74) is 1.05. The van der Waals surface area contributed by atoms with E-state index in [1.165, 1.54) is 0 Å². The third kappa shape index (κ3) is 5.69. The molecule has 0 saturated carbocycles. The molecule has 0 radical (unpaired) electrons. The number of ether oxygens (including phenoxy) is 1. The number of benzene rings is 1. The predicted molar refractivity (Wildman–Crippen MR) is 75.5 cm³/mol. The van der Waals surface area contributed by atoms with Crippen LogP contribution in [0, 0.1) is 0 Å². The SMILES string of the molecule is CCOCCCNS(=O)(=O)c1ccc(CNC)cc1. The monoisotopic (exact) mass is 286 g/mol. The second kappa shape index (κ2) is 8.27. The Morgan fingerprint density at radius 3 is 2.47 bits per heavy atom. The molecule has 2 N–H and O–H groups in total. The molecule has 1 aromatic carbocycles. The van der Waals surface area contributed by atoms with Crippen molar-refractivity contribution in [2.75, 3.05) is 26.8 Å². The summed E-state index contributed by atoms with van der Waals surface area (Å²) in [6.07, 6.45) is 0.672. The highest BCUT2D eigenvalue weighted by Gasteiger charge is 2.12. The second-order valence-electron chi connectivity index (χ2n) is 4.12. The maximum absolute atomic E-state index is 12.0. The van der Waals surface area contributed by atoms with E-state index in [0.29, 0.717) is 31.1 Å². The molecule has 0 saturated heterocycles. The first-order chi connectivity index (χ1) is 9.10. The highest BCUT2D eigenvalue weighted by Crippen LogP contribution is 2.10. The molecule has 1 rings (SSSR count). The van der Waals surface area contributed by atoms with Gasteiger partial charge in [0.15, 0.2) is 0 Å². The van der Waals surface area contributed by atoms with E-state index in [-0.39, 0.29) is 0 Å². The number of hydrogen-bond donors (Lipinski definition) is 2. The Kier molecular flexibility index (Phi) is 7.01. The largest absolute Gasteiger partial charge is 0.382 e. The molecule has 6 heteroatoms. The first-order valence-electron chi connectivity index (χ1n) is 6.41. The van der Waals surface area contributed by atoms with Crippen LogP contribution in [0.15, 0.2) is 29.2 Å². The molecule has 19 heavy (non-hydrogen) atoms. The number of rotatable bonds is 9. The first kappa shape index (κ1) is 16.1. The fourth-order valence-corrected chi connectivity index (χ4v) is 2.67. The van der Waals surface area contributed by atoms with Gasteiger partial charge in [0.1, 0.15) is 0 Å². The summed E-state index contributed by atoms with van der Waals surface area (Å²) in [6.45, 7) is 4.25. The van der Waals surface area contributed by atoms with Gasteiger partial charge in [0.25, 0.3) is 0 Å². The van der Waals surface area contributed by atoms with E-state index in [9.17, 15) is 8.42 Å². The lowest BCUT2D eigenvalue weighted by molar-refractivity contribution is 0.146. The van der Waals surface area contributed by atoms with Crippen LogP contribution < -0.4 is 10.0 Å². The molecule has 0 atom stereocenters. The van der Waals surface area contributed by atoms with Gasteiger partial charge in [0.2, 0.25) is 10.0 Å². The fourth-order valence-electron chi connectivity index (χ4n) is 1.60. The van der Waals surface area contributed by atoms with E-state index < -0.39 is 10.0 Å². The van der Waals surface area contributed by atoms with E-state index in [0.717, 1.165) is 12.1 Å². The highest BCUT2D eigenvalue weighted by molar-refractivity contribution is 7.89. The van der Waals surface area contributed by atoms with Gasteiger partial charge < -0.3 is 10.1 Å². The maximum atomic E-state index is 12.0. The molecule has 1 aromatic rings. The highest BCUT2D eigenvalue weighted by atomic mass is 32.2. The zero-order valence-corrected chi connectivity index (χ0v) is 12.3. The van der Waals surface area contributed by atoms with Crippen molar-refractivity contribution in [3.63, 3.8) is 0 Å². The van der Waals surface area contributed by atoms with Gasteiger partial charge in [-0.25, -0.2) is 13.1 Å². The quantitative estimate of drug-likeness (QED) is 0.667. The second-order valence-corrected chi connectivity index (χ2v) is 5.89. The van der Waals surface area contributed by atoms with Crippen LogP contribution >= 0.6 is 0 Å². The van der Waals surface area contributed by atoms with Crippen LogP contribution in [0.3, 0.4) is 0 Å². The Morgan fingerprint density at radius 2 is 1.89 bits per heavy atom. The molecule has 0 aliphatic heterocycles. The Hall–Kier alpha value is -0.950. The van der Waals surface area contributed by atoms with Crippen molar-refractivity contribution in [1.82, 2.24) is 10.0 Å². The molecule has 0 aromatic heterocycles. The van der Waals surface area contributed by atoms with Crippen molar-refractivity contribution >= 4 is 10.0 Å². The Bertz CT molecular complexity index is 457. The van der Waals surface area contributed by atoms with Gasteiger partial charge in [-0.3, -0.25) is 0 Å². The van der Waals surface area contributed by atoms with Crippen molar-refractivity contribution in [1.29, 1.82) is 0 Å². The normalized spacial score (nSPS) is 11.7. The van der Waals surface area contributed by atoms with Gasteiger partial charge in [-0.05, 0) is 38.1 Å². The smallest absolute Gasteiger partial charge is 0.240 e. The lowest BCUT2D eigenvalue weighted by Gasteiger charge is -2.07. The van der Waals surface area contributed by atoms with Crippen LogP contribution in [0.4, 0.5) is 0 Å². The molecule has 5 nitrogen and oxygen atoms in total. The van der Waals surface area contributed by atoms with Crippen molar-refractivity contribution in [2.24, 2.45) is 0 Å². The van der Waals surface area contributed by atoms with Crippen molar-refractivity contribution in [2.45, 2.75) is 24.8 Å². The minimum absolute atomic E-state index is 0.295. The number of nitrogens with one attached hydrogen (secondary N) is 2. The number of hydrogen-bond acceptors (Lipinski definition) is 4. The topological polar surface area (TPSA) is 67.4 Å². The zero-order chi connectivity index (χ0) is 14.1.